The van der Waals surface area contributed by atoms with Crippen LogP contribution in [0.4, 0.5) is 0 Å². The molecule has 27 heavy (non-hydrogen) atoms. The highest BCUT2D eigenvalue weighted by Crippen LogP contribution is 2.39. The van der Waals surface area contributed by atoms with Crippen molar-refractivity contribution in [2.24, 2.45) is 0 Å². The molecule has 4 heteroatoms. The Bertz CT molecular complexity index is 1020. The van der Waals surface area contributed by atoms with Gasteiger partial charge in [0.1, 0.15) is 17.2 Å². The molecular formula is C23H20N2O2. The molecule has 0 bridgehead atoms. The molecule has 0 saturated heterocycles. The van der Waals surface area contributed by atoms with Crippen molar-refractivity contribution in [2.45, 2.75) is 0 Å². The minimum Gasteiger partial charge on any atom is -0.497 e. The molecule has 0 amide bonds. The van der Waals surface area contributed by atoms with E-state index >= 15 is 0 Å². The smallest absolute Gasteiger partial charge is 0.118 e. The van der Waals surface area contributed by atoms with Crippen LogP contribution in [-0.4, -0.2) is 24.4 Å². The normalized spacial score (nSPS) is 10.6. The van der Waals surface area contributed by atoms with E-state index in [9.17, 15) is 0 Å². The van der Waals surface area contributed by atoms with Crippen LogP contribution in [0.3, 0.4) is 0 Å². The molecule has 0 radical (unpaired) electrons. The van der Waals surface area contributed by atoms with E-state index in [-0.39, 0.29) is 0 Å². The van der Waals surface area contributed by atoms with Crippen LogP contribution in [0.5, 0.6) is 11.5 Å². The summed E-state index contributed by atoms with van der Waals surface area (Å²) in [6.45, 7) is 0. The maximum absolute atomic E-state index is 5.30. The average molecular weight is 356 g/mol. The van der Waals surface area contributed by atoms with Crippen LogP contribution in [-0.2, 0) is 0 Å². The summed E-state index contributed by atoms with van der Waals surface area (Å²) in [6, 6.07) is 26.2. The van der Waals surface area contributed by atoms with Gasteiger partial charge in [0.2, 0.25) is 0 Å². The molecule has 0 saturated carbocycles. The van der Waals surface area contributed by atoms with Gasteiger partial charge in [0.05, 0.1) is 19.9 Å². The number of H-pyrrole nitrogens is 1. The van der Waals surface area contributed by atoms with Crippen molar-refractivity contribution in [1.29, 1.82) is 0 Å². The van der Waals surface area contributed by atoms with E-state index in [0.29, 0.717) is 0 Å². The monoisotopic (exact) mass is 356 g/mol. The van der Waals surface area contributed by atoms with Gasteiger partial charge in [0, 0.05) is 16.7 Å². The highest BCUT2D eigenvalue weighted by molar-refractivity contribution is 5.91. The van der Waals surface area contributed by atoms with Crippen LogP contribution in [0.15, 0.2) is 78.9 Å². The standard InChI is InChI=1S/C23H20N2O2/c1-26-19-12-8-16(9-13-19)21-22(17-6-4-3-5-7-17)24-25-23(21)18-10-14-20(27-2)15-11-18/h3-15H,1-2H3,(H,24,25). The number of aromatic nitrogens is 2. The second-order valence-corrected chi connectivity index (χ2v) is 6.15. The molecule has 4 rings (SSSR count). The van der Waals surface area contributed by atoms with Crippen molar-refractivity contribution < 1.29 is 9.47 Å². The van der Waals surface area contributed by atoms with Gasteiger partial charge in [-0.1, -0.05) is 42.5 Å². The lowest BCUT2D eigenvalue weighted by Crippen LogP contribution is -1.87. The van der Waals surface area contributed by atoms with E-state index in [0.717, 1.165) is 45.1 Å². The Hall–Kier alpha value is -3.53. The molecule has 0 aliphatic carbocycles. The number of nitrogens with one attached hydrogen (secondary N) is 1. The molecule has 1 aromatic heterocycles. The first-order valence-corrected chi connectivity index (χ1v) is 8.73. The molecular weight excluding hydrogens is 336 g/mol. The molecule has 0 aliphatic heterocycles. The fraction of sp³-hybridized carbons (Fsp3) is 0.0870. The summed E-state index contributed by atoms with van der Waals surface area (Å²) in [7, 11) is 3.34. The Labute approximate surface area is 158 Å². The zero-order chi connectivity index (χ0) is 18.6. The Balaban J connectivity index is 1.89. The fourth-order valence-corrected chi connectivity index (χ4v) is 3.15. The molecule has 0 spiro atoms. The molecule has 0 aliphatic rings. The van der Waals surface area contributed by atoms with Crippen LogP contribution >= 0.6 is 0 Å². The van der Waals surface area contributed by atoms with Crippen LogP contribution < -0.4 is 9.47 Å². The van der Waals surface area contributed by atoms with Gasteiger partial charge in [0.25, 0.3) is 0 Å². The SMILES string of the molecule is COc1ccc(-c2[nH]nc(-c3ccccc3)c2-c2ccc(OC)cc2)cc1. The van der Waals surface area contributed by atoms with Crippen LogP contribution in [0.2, 0.25) is 0 Å². The molecule has 3 aromatic carbocycles. The molecule has 0 atom stereocenters. The van der Waals surface area contributed by atoms with E-state index in [1.807, 2.05) is 54.6 Å². The summed E-state index contributed by atoms with van der Waals surface area (Å²) in [5.41, 5.74) is 6.16. The molecule has 1 N–H and O–H groups in total. The number of hydrogen-bond donors (Lipinski definition) is 1. The topological polar surface area (TPSA) is 47.1 Å². The van der Waals surface area contributed by atoms with E-state index in [1.165, 1.54) is 0 Å². The predicted molar refractivity (Wildman–Crippen MR) is 108 cm³/mol. The third-order valence-corrected chi connectivity index (χ3v) is 4.57. The number of nitrogens with zero attached hydrogens (tertiary/aromatic N) is 1. The van der Waals surface area contributed by atoms with Gasteiger partial charge < -0.3 is 9.47 Å². The minimum absolute atomic E-state index is 0.826. The van der Waals surface area contributed by atoms with Gasteiger partial charge in [-0.2, -0.15) is 5.10 Å². The van der Waals surface area contributed by atoms with E-state index in [2.05, 4.69) is 34.5 Å². The van der Waals surface area contributed by atoms with Crippen molar-refractivity contribution in [2.75, 3.05) is 14.2 Å². The van der Waals surface area contributed by atoms with E-state index < -0.39 is 0 Å². The van der Waals surface area contributed by atoms with Crippen LogP contribution in [0.25, 0.3) is 33.6 Å². The van der Waals surface area contributed by atoms with E-state index in [1.54, 1.807) is 14.2 Å². The van der Waals surface area contributed by atoms with Gasteiger partial charge in [-0.3, -0.25) is 5.10 Å². The highest BCUT2D eigenvalue weighted by Gasteiger charge is 2.18. The summed E-state index contributed by atoms with van der Waals surface area (Å²) in [5, 5.41) is 7.87. The predicted octanol–water partition coefficient (Wildman–Crippen LogP) is 5.43. The molecule has 1 heterocycles. The van der Waals surface area contributed by atoms with Gasteiger partial charge in [-0.15, -0.1) is 0 Å². The largest absolute Gasteiger partial charge is 0.497 e. The number of methoxy groups -OCH3 is 2. The lowest BCUT2D eigenvalue weighted by Gasteiger charge is -2.09. The van der Waals surface area contributed by atoms with Gasteiger partial charge in [-0.25, -0.2) is 0 Å². The maximum atomic E-state index is 5.30. The van der Waals surface area contributed by atoms with Crippen molar-refractivity contribution in [3.8, 4) is 45.1 Å². The van der Waals surface area contributed by atoms with Crippen molar-refractivity contribution in [3.05, 3.63) is 78.9 Å². The minimum atomic E-state index is 0.826. The Kier molecular flexibility index (Phi) is 4.62. The van der Waals surface area contributed by atoms with Crippen molar-refractivity contribution in [3.63, 3.8) is 0 Å². The first kappa shape index (κ1) is 16.9. The summed E-state index contributed by atoms with van der Waals surface area (Å²) in [5.74, 6) is 1.65. The lowest BCUT2D eigenvalue weighted by atomic mass is 9.96. The highest BCUT2D eigenvalue weighted by atomic mass is 16.5. The molecule has 134 valence electrons. The summed E-state index contributed by atoms with van der Waals surface area (Å²) in [4.78, 5) is 0. The first-order valence-electron chi connectivity index (χ1n) is 8.73. The molecule has 0 fully saturated rings. The summed E-state index contributed by atoms with van der Waals surface area (Å²) < 4.78 is 10.6. The Morgan fingerprint density at radius 2 is 1.19 bits per heavy atom. The number of ether oxygens (including phenoxy) is 2. The quantitative estimate of drug-likeness (QED) is 0.519. The molecule has 4 aromatic rings. The first-order chi connectivity index (χ1) is 13.3. The third kappa shape index (κ3) is 3.29. The van der Waals surface area contributed by atoms with Crippen LogP contribution in [0, 0.1) is 0 Å². The van der Waals surface area contributed by atoms with Crippen LogP contribution in [0.1, 0.15) is 0 Å². The second-order valence-electron chi connectivity index (χ2n) is 6.15. The van der Waals surface area contributed by atoms with Gasteiger partial charge >= 0.3 is 0 Å². The van der Waals surface area contributed by atoms with Crippen molar-refractivity contribution in [1.82, 2.24) is 10.2 Å². The molecule has 0 unspecified atom stereocenters. The number of rotatable bonds is 5. The van der Waals surface area contributed by atoms with Gasteiger partial charge in [-0.05, 0) is 42.0 Å². The maximum Gasteiger partial charge on any atom is 0.118 e. The lowest BCUT2D eigenvalue weighted by molar-refractivity contribution is 0.414. The fourth-order valence-electron chi connectivity index (χ4n) is 3.15. The third-order valence-electron chi connectivity index (χ3n) is 4.57. The molecule has 4 nitrogen and oxygen atoms in total. The summed E-state index contributed by atoms with van der Waals surface area (Å²) >= 11 is 0. The van der Waals surface area contributed by atoms with Gasteiger partial charge in [0.15, 0.2) is 0 Å². The average Bonchev–Trinajstić information content (AvgIpc) is 3.19. The number of aromatic amines is 1. The Morgan fingerprint density at radius 3 is 1.74 bits per heavy atom. The number of benzene rings is 3. The second kappa shape index (κ2) is 7.38. The zero-order valence-corrected chi connectivity index (χ0v) is 15.3. The summed E-state index contributed by atoms with van der Waals surface area (Å²) in [6.07, 6.45) is 0. The number of hydrogen-bond acceptors (Lipinski definition) is 3. The Morgan fingerprint density at radius 1 is 0.630 bits per heavy atom. The zero-order valence-electron chi connectivity index (χ0n) is 15.3. The van der Waals surface area contributed by atoms with E-state index in [4.69, 9.17) is 9.47 Å². The van der Waals surface area contributed by atoms with Crippen molar-refractivity contribution >= 4 is 0 Å².